The van der Waals surface area contributed by atoms with Gasteiger partial charge in [-0.3, -0.25) is 9.88 Å². The largest absolute Gasteiger partial charge is 0.466 e. The minimum Gasteiger partial charge on any atom is -0.466 e. The number of hydrogen-bond acceptors (Lipinski definition) is 7. The quantitative estimate of drug-likeness (QED) is 0.238. The molecular weight excluding hydrogens is 575 g/mol. The number of H-pyrrole nitrogens is 1. The summed E-state index contributed by atoms with van der Waals surface area (Å²) in [5.41, 5.74) is 1.15. The Kier molecular flexibility index (Phi) is 7.88. The molecule has 5 rings (SSSR count). The first-order valence-electron chi connectivity index (χ1n) is 13.5. The first-order chi connectivity index (χ1) is 20.8. The van der Waals surface area contributed by atoms with Crippen LogP contribution in [-0.2, 0) is 28.8 Å². The molecule has 0 saturated heterocycles. The summed E-state index contributed by atoms with van der Waals surface area (Å²) in [7, 11) is 5.17. The number of rotatable bonds is 7. The van der Waals surface area contributed by atoms with Crippen LogP contribution in [0.4, 0.5) is 24.8 Å². The average Bonchev–Trinajstić information content (AvgIpc) is 3.36. The van der Waals surface area contributed by atoms with Gasteiger partial charge in [0.05, 0.1) is 49.7 Å². The first-order valence-corrected chi connectivity index (χ1v) is 13.5. The number of methoxy groups -OCH3 is 1. The number of anilines is 2. The number of nitrogens with one attached hydrogen (secondary N) is 1. The van der Waals surface area contributed by atoms with Crippen molar-refractivity contribution in [3.63, 3.8) is 0 Å². The molecule has 1 atom stereocenters. The van der Waals surface area contributed by atoms with E-state index in [4.69, 9.17) is 4.74 Å². The molecule has 44 heavy (non-hydrogen) atoms. The van der Waals surface area contributed by atoms with Crippen LogP contribution >= 0.6 is 0 Å². The van der Waals surface area contributed by atoms with Gasteiger partial charge in [0.15, 0.2) is 0 Å². The highest BCUT2D eigenvalue weighted by Crippen LogP contribution is 2.44. The van der Waals surface area contributed by atoms with Crippen LogP contribution in [0.3, 0.4) is 0 Å². The molecule has 0 spiro atoms. The van der Waals surface area contributed by atoms with E-state index in [9.17, 15) is 28.0 Å². The van der Waals surface area contributed by atoms with E-state index in [0.717, 1.165) is 17.8 Å². The monoisotopic (exact) mass is 604 g/mol. The number of alkyl halides is 3. The molecular formula is C31H29F3N7O3+. The Morgan fingerprint density at radius 1 is 1.11 bits per heavy atom. The Balaban J connectivity index is 1.71. The molecule has 0 aliphatic carbocycles. The fraction of sp³-hybridized carbons (Fsp3) is 0.258. The van der Waals surface area contributed by atoms with Crippen molar-refractivity contribution in [1.82, 2.24) is 19.7 Å². The zero-order chi connectivity index (χ0) is 31.8. The maximum absolute atomic E-state index is 13.6. The molecule has 1 aliphatic rings. The summed E-state index contributed by atoms with van der Waals surface area (Å²) >= 11 is 0. The molecule has 10 nitrogen and oxygen atoms in total. The molecule has 13 heteroatoms. The van der Waals surface area contributed by atoms with Gasteiger partial charge in [-0.1, -0.05) is 18.2 Å². The molecule has 0 saturated carbocycles. The summed E-state index contributed by atoms with van der Waals surface area (Å²) in [6, 6.07) is 16.2. The number of aromatic amines is 1. The number of carbonyl (C=O) groups excluding carboxylic acids is 1. The molecule has 1 aliphatic heterocycles. The molecule has 0 amide bonds. The number of benzene rings is 2. The lowest BCUT2D eigenvalue weighted by molar-refractivity contribution is -0.917. The van der Waals surface area contributed by atoms with E-state index < -0.39 is 29.4 Å². The van der Waals surface area contributed by atoms with Crippen molar-refractivity contribution in [3.8, 4) is 6.07 Å². The zero-order valence-corrected chi connectivity index (χ0v) is 24.4. The molecule has 0 bridgehead atoms. The fourth-order valence-corrected chi connectivity index (χ4v) is 5.60. The lowest BCUT2D eigenvalue weighted by atomic mass is 9.89. The Morgan fingerprint density at radius 2 is 1.89 bits per heavy atom. The molecule has 4 aromatic rings. The van der Waals surface area contributed by atoms with E-state index in [-0.39, 0.29) is 22.9 Å². The third-order valence-corrected chi connectivity index (χ3v) is 7.46. The number of ether oxygens (including phenoxy) is 1. The fourth-order valence-electron chi connectivity index (χ4n) is 5.60. The topological polar surface area (TPSA) is 117 Å². The van der Waals surface area contributed by atoms with E-state index >= 15 is 0 Å². The zero-order valence-electron chi connectivity index (χ0n) is 24.4. The minimum atomic E-state index is -4.62. The van der Waals surface area contributed by atoms with Crippen LogP contribution in [0.2, 0.25) is 0 Å². The number of pyridine rings is 1. The number of quaternary nitrogens is 1. The predicted octanol–water partition coefficient (Wildman–Crippen LogP) is 4.82. The second-order valence-corrected chi connectivity index (χ2v) is 11.1. The normalized spacial score (nSPS) is 15.1. The third kappa shape index (κ3) is 5.71. The lowest BCUT2D eigenvalue weighted by Crippen LogP contribution is -2.40. The molecule has 1 N–H and O–H groups in total. The molecule has 0 fully saturated rings. The van der Waals surface area contributed by atoms with Gasteiger partial charge in [-0.25, -0.2) is 19.3 Å². The molecule has 0 radical (unpaired) electrons. The van der Waals surface area contributed by atoms with E-state index in [1.165, 1.54) is 28.7 Å². The van der Waals surface area contributed by atoms with Gasteiger partial charge in [0.25, 0.3) is 0 Å². The molecule has 226 valence electrons. The van der Waals surface area contributed by atoms with Gasteiger partial charge in [0.1, 0.15) is 19.1 Å². The number of halogens is 3. The first kappa shape index (κ1) is 30.2. The summed E-state index contributed by atoms with van der Waals surface area (Å²) in [5, 5.41) is 16.3. The van der Waals surface area contributed by atoms with Crippen LogP contribution in [-0.4, -0.2) is 51.4 Å². The van der Waals surface area contributed by atoms with Crippen LogP contribution in [0, 0.1) is 11.3 Å². The van der Waals surface area contributed by atoms with Crippen molar-refractivity contribution in [1.29, 1.82) is 5.26 Å². The van der Waals surface area contributed by atoms with E-state index in [0.29, 0.717) is 34.3 Å². The number of nitrogens with zero attached hydrogens (tertiary/aromatic N) is 6. The van der Waals surface area contributed by atoms with Gasteiger partial charge in [-0.2, -0.15) is 18.4 Å². The standard InChI is InChI=1S/C31H28F3N7O3/c1-19-26(28(42)44-4)27(40-29(37-38-30(40)43)39(19)24-10-7-8-22(15-24)31(32,33)34)25-12-11-20(16-35)14-21(25)17-41(2,3)18-23-9-5-6-13-36-23/h5-15,27H,17-18H2,1-4H3/p+1/t27-/m1/s1. The number of aromatic nitrogens is 4. The van der Waals surface area contributed by atoms with Gasteiger partial charge in [-0.15, -0.1) is 5.10 Å². The maximum atomic E-state index is 13.6. The van der Waals surface area contributed by atoms with Crippen LogP contribution in [0.1, 0.15) is 40.9 Å². The highest BCUT2D eigenvalue weighted by molar-refractivity contribution is 5.93. The van der Waals surface area contributed by atoms with Gasteiger partial charge >= 0.3 is 17.8 Å². The summed E-state index contributed by atoms with van der Waals surface area (Å²) in [6.07, 6.45) is -2.92. The van der Waals surface area contributed by atoms with Crippen molar-refractivity contribution >= 4 is 17.6 Å². The van der Waals surface area contributed by atoms with Gasteiger partial charge < -0.3 is 9.22 Å². The highest BCUT2D eigenvalue weighted by Gasteiger charge is 2.41. The molecule has 2 aromatic heterocycles. The Hall–Kier alpha value is -5.22. The lowest BCUT2D eigenvalue weighted by Gasteiger charge is -2.37. The number of esters is 1. The molecule has 2 aromatic carbocycles. The van der Waals surface area contributed by atoms with Crippen LogP contribution in [0.25, 0.3) is 0 Å². The summed E-state index contributed by atoms with van der Waals surface area (Å²) in [4.78, 5) is 32.6. The third-order valence-electron chi connectivity index (χ3n) is 7.46. The summed E-state index contributed by atoms with van der Waals surface area (Å²) < 4.78 is 47.7. The average molecular weight is 605 g/mol. The highest BCUT2D eigenvalue weighted by atomic mass is 19.4. The van der Waals surface area contributed by atoms with Crippen molar-refractivity contribution in [2.45, 2.75) is 32.2 Å². The van der Waals surface area contributed by atoms with Gasteiger partial charge in [0, 0.05) is 23.1 Å². The second kappa shape index (κ2) is 11.5. The number of nitriles is 1. The summed E-state index contributed by atoms with van der Waals surface area (Å²) in [6.45, 7) is 2.48. The van der Waals surface area contributed by atoms with Crippen molar-refractivity contribution < 1.29 is 27.2 Å². The smallest absolute Gasteiger partial charge is 0.416 e. The molecule has 0 unspecified atom stereocenters. The van der Waals surface area contributed by atoms with Crippen LogP contribution in [0.15, 0.2) is 82.9 Å². The number of allylic oxidation sites excluding steroid dienone is 1. The Morgan fingerprint density at radius 3 is 2.55 bits per heavy atom. The Bertz CT molecular complexity index is 1850. The summed E-state index contributed by atoms with van der Waals surface area (Å²) in [5.74, 6) is -0.789. The SMILES string of the molecule is COC(=O)C1=C(C)N(c2cccc(C(F)(F)F)c2)c2n[nH]c(=O)n2[C@@H]1c1ccc(C#N)cc1C[N+](C)(C)Cc1ccccn1. The van der Waals surface area contributed by atoms with Crippen molar-refractivity contribution in [2.24, 2.45) is 0 Å². The number of hydrogen-bond donors (Lipinski definition) is 1. The maximum Gasteiger partial charge on any atom is 0.416 e. The van der Waals surface area contributed by atoms with Gasteiger partial charge in [0.2, 0.25) is 5.95 Å². The van der Waals surface area contributed by atoms with Crippen LogP contribution in [0.5, 0.6) is 0 Å². The minimum absolute atomic E-state index is 0.0120. The predicted molar refractivity (Wildman–Crippen MR) is 154 cm³/mol. The Labute approximate surface area is 250 Å². The number of carbonyl (C=O) groups is 1. The van der Waals surface area contributed by atoms with Crippen LogP contribution < -0.4 is 10.6 Å². The van der Waals surface area contributed by atoms with E-state index in [1.807, 2.05) is 32.3 Å². The van der Waals surface area contributed by atoms with Crippen molar-refractivity contribution in [3.05, 3.63) is 117 Å². The van der Waals surface area contributed by atoms with Gasteiger partial charge in [-0.05, 0) is 55.0 Å². The van der Waals surface area contributed by atoms with E-state index in [2.05, 4.69) is 21.3 Å². The van der Waals surface area contributed by atoms with Crippen molar-refractivity contribution in [2.75, 3.05) is 26.1 Å². The van der Waals surface area contributed by atoms with E-state index in [1.54, 1.807) is 31.3 Å². The molecule has 3 heterocycles. The number of fused-ring (bicyclic) bond motifs is 1. The second-order valence-electron chi connectivity index (χ2n) is 11.1.